The SMILES string of the molecule is CC(=O)N1CCCN(Cc2ccccn2)CCCN(C(=O)CCn2ccnc2C(C)C)Cc2ccccc21. The quantitative estimate of drug-likeness (QED) is 0.483. The van der Waals surface area contributed by atoms with Gasteiger partial charge in [-0.1, -0.05) is 38.1 Å². The number of carbonyl (C=O) groups excluding carboxylic acids is 2. The van der Waals surface area contributed by atoms with Gasteiger partial charge in [0.15, 0.2) is 0 Å². The summed E-state index contributed by atoms with van der Waals surface area (Å²) in [7, 11) is 0. The van der Waals surface area contributed by atoms with E-state index < -0.39 is 0 Å². The molecule has 0 fully saturated rings. The summed E-state index contributed by atoms with van der Waals surface area (Å²) in [5.41, 5.74) is 2.93. The topological polar surface area (TPSA) is 74.6 Å². The van der Waals surface area contributed by atoms with Crippen LogP contribution in [0.3, 0.4) is 0 Å². The maximum atomic E-state index is 13.6. The van der Waals surface area contributed by atoms with E-state index in [4.69, 9.17) is 0 Å². The first-order valence-electron chi connectivity index (χ1n) is 13.7. The molecule has 8 nitrogen and oxygen atoms in total. The van der Waals surface area contributed by atoms with E-state index in [2.05, 4.69) is 33.3 Å². The minimum atomic E-state index is 0.0185. The lowest BCUT2D eigenvalue weighted by molar-refractivity contribution is -0.132. The summed E-state index contributed by atoms with van der Waals surface area (Å²) in [4.78, 5) is 41.5. The third kappa shape index (κ3) is 7.28. The van der Waals surface area contributed by atoms with Gasteiger partial charge >= 0.3 is 0 Å². The van der Waals surface area contributed by atoms with E-state index in [1.54, 1.807) is 13.1 Å². The monoisotopic (exact) mass is 516 g/mol. The van der Waals surface area contributed by atoms with Crippen molar-refractivity contribution in [2.24, 2.45) is 0 Å². The van der Waals surface area contributed by atoms with E-state index >= 15 is 0 Å². The number of rotatable bonds is 6. The number of hydrogen-bond donors (Lipinski definition) is 0. The Labute approximate surface area is 226 Å². The largest absolute Gasteiger partial charge is 0.338 e. The minimum absolute atomic E-state index is 0.0185. The van der Waals surface area contributed by atoms with Crippen LogP contribution in [0.15, 0.2) is 61.1 Å². The summed E-state index contributed by atoms with van der Waals surface area (Å²) in [6.07, 6.45) is 7.73. The molecule has 1 aliphatic heterocycles. The average Bonchev–Trinajstić information content (AvgIpc) is 3.38. The Balaban J connectivity index is 1.55. The normalized spacial score (nSPS) is 15.6. The van der Waals surface area contributed by atoms with Gasteiger partial charge in [-0.2, -0.15) is 0 Å². The molecule has 0 spiro atoms. The molecule has 1 aromatic carbocycles. The zero-order valence-electron chi connectivity index (χ0n) is 22.9. The number of pyridine rings is 1. The number of benzene rings is 1. The van der Waals surface area contributed by atoms with Gasteiger partial charge < -0.3 is 14.4 Å². The Kier molecular flexibility index (Phi) is 9.65. The second kappa shape index (κ2) is 13.3. The molecule has 3 heterocycles. The van der Waals surface area contributed by atoms with Crippen molar-refractivity contribution in [3.8, 4) is 0 Å². The van der Waals surface area contributed by atoms with Gasteiger partial charge in [-0.3, -0.25) is 19.5 Å². The van der Waals surface area contributed by atoms with Gasteiger partial charge in [0.25, 0.3) is 0 Å². The number of aryl methyl sites for hydroxylation is 1. The van der Waals surface area contributed by atoms with Crippen molar-refractivity contribution in [2.75, 3.05) is 31.1 Å². The van der Waals surface area contributed by atoms with Crippen LogP contribution in [0, 0.1) is 0 Å². The number of fused-ring (bicyclic) bond motifs is 1. The highest BCUT2D eigenvalue weighted by atomic mass is 16.2. The number of imidazole rings is 1. The fraction of sp³-hybridized carbons (Fsp3) is 0.467. The van der Waals surface area contributed by atoms with Crippen LogP contribution in [0.5, 0.6) is 0 Å². The summed E-state index contributed by atoms with van der Waals surface area (Å²) >= 11 is 0. The van der Waals surface area contributed by atoms with Crippen LogP contribution < -0.4 is 4.90 Å². The van der Waals surface area contributed by atoms with Gasteiger partial charge in [0, 0.05) is 89.4 Å². The van der Waals surface area contributed by atoms with Crippen LogP contribution in [-0.2, 0) is 29.2 Å². The molecule has 0 saturated heterocycles. The van der Waals surface area contributed by atoms with E-state index in [0.29, 0.717) is 38.5 Å². The zero-order chi connectivity index (χ0) is 26.9. The lowest BCUT2D eigenvalue weighted by Gasteiger charge is -2.31. The Bertz CT molecular complexity index is 1190. The van der Waals surface area contributed by atoms with Gasteiger partial charge in [-0.15, -0.1) is 0 Å². The molecule has 1 aliphatic rings. The summed E-state index contributed by atoms with van der Waals surface area (Å²) in [6.45, 7) is 10.7. The van der Waals surface area contributed by atoms with Gasteiger partial charge in [-0.05, 0) is 36.6 Å². The number of amides is 2. The van der Waals surface area contributed by atoms with Gasteiger partial charge in [-0.25, -0.2) is 4.98 Å². The third-order valence-corrected chi connectivity index (χ3v) is 7.08. The molecular weight excluding hydrogens is 476 g/mol. The zero-order valence-corrected chi connectivity index (χ0v) is 22.9. The molecule has 2 amide bonds. The van der Waals surface area contributed by atoms with Gasteiger partial charge in [0.1, 0.15) is 5.82 Å². The third-order valence-electron chi connectivity index (χ3n) is 7.08. The van der Waals surface area contributed by atoms with Crippen LogP contribution in [0.1, 0.15) is 63.0 Å². The van der Waals surface area contributed by atoms with Crippen molar-refractivity contribution in [3.05, 3.63) is 78.1 Å². The molecule has 4 rings (SSSR count). The Morgan fingerprint density at radius 2 is 1.68 bits per heavy atom. The number of carbonyl (C=O) groups is 2. The minimum Gasteiger partial charge on any atom is -0.338 e. The Morgan fingerprint density at radius 3 is 2.42 bits per heavy atom. The highest BCUT2D eigenvalue weighted by molar-refractivity contribution is 5.92. The summed E-state index contributed by atoms with van der Waals surface area (Å²) in [5, 5.41) is 0. The number of anilines is 1. The van der Waals surface area contributed by atoms with Crippen molar-refractivity contribution in [2.45, 2.75) is 65.6 Å². The fourth-order valence-corrected chi connectivity index (χ4v) is 5.17. The smallest absolute Gasteiger partial charge is 0.224 e. The lowest BCUT2D eigenvalue weighted by atomic mass is 10.1. The molecule has 38 heavy (non-hydrogen) atoms. The first-order chi connectivity index (χ1) is 18.4. The molecule has 0 radical (unpaired) electrons. The van der Waals surface area contributed by atoms with Crippen LogP contribution in [0.25, 0.3) is 0 Å². The molecule has 8 heteroatoms. The van der Waals surface area contributed by atoms with E-state index in [1.807, 2.05) is 64.7 Å². The van der Waals surface area contributed by atoms with Crippen molar-refractivity contribution in [1.29, 1.82) is 0 Å². The highest BCUT2D eigenvalue weighted by Gasteiger charge is 2.22. The molecule has 202 valence electrons. The van der Waals surface area contributed by atoms with Gasteiger partial charge in [0.2, 0.25) is 11.8 Å². The number of aromatic nitrogens is 3. The van der Waals surface area contributed by atoms with E-state index in [0.717, 1.165) is 55.2 Å². The Morgan fingerprint density at radius 1 is 0.921 bits per heavy atom. The molecule has 0 aliphatic carbocycles. The summed E-state index contributed by atoms with van der Waals surface area (Å²) < 4.78 is 2.08. The number of hydrogen-bond acceptors (Lipinski definition) is 5. The molecule has 0 saturated carbocycles. The first kappa shape index (κ1) is 27.5. The summed E-state index contributed by atoms with van der Waals surface area (Å²) in [6, 6.07) is 14.0. The predicted molar refractivity (Wildman–Crippen MR) is 150 cm³/mol. The standard InChI is InChI=1S/C30H40N6O2/c1-24(2)30-32-15-21-34(30)20-13-29(38)35-18-8-16-33(23-27-11-6-7-14-31-27)17-9-19-36(25(3)37)28-12-5-4-10-26(28)22-35/h4-7,10-12,14-15,21,24H,8-9,13,16-20,22-23H2,1-3H3. The maximum absolute atomic E-state index is 13.6. The molecule has 2 aromatic heterocycles. The molecule has 0 bridgehead atoms. The second-order valence-corrected chi connectivity index (χ2v) is 10.3. The van der Waals surface area contributed by atoms with Crippen molar-refractivity contribution >= 4 is 17.5 Å². The average molecular weight is 517 g/mol. The molecule has 0 unspecified atom stereocenters. The second-order valence-electron chi connectivity index (χ2n) is 10.3. The van der Waals surface area contributed by atoms with E-state index in [-0.39, 0.29) is 11.8 Å². The van der Waals surface area contributed by atoms with Crippen molar-refractivity contribution < 1.29 is 9.59 Å². The highest BCUT2D eigenvalue weighted by Crippen LogP contribution is 2.24. The van der Waals surface area contributed by atoms with E-state index in [1.165, 1.54) is 0 Å². The van der Waals surface area contributed by atoms with Crippen LogP contribution in [-0.4, -0.2) is 62.3 Å². The van der Waals surface area contributed by atoms with Crippen molar-refractivity contribution in [1.82, 2.24) is 24.3 Å². The van der Waals surface area contributed by atoms with E-state index in [9.17, 15) is 9.59 Å². The molecule has 0 N–H and O–H groups in total. The predicted octanol–water partition coefficient (Wildman–Crippen LogP) is 4.47. The molecular formula is C30H40N6O2. The summed E-state index contributed by atoms with van der Waals surface area (Å²) in [5.74, 6) is 1.44. The van der Waals surface area contributed by atoms with Crippen LogP contribution in [0.2, 0.25) is 0 Å². The van der Waals surface area contributed by atoms with Gasteiger partial charge in [0.05, 0.1) is 5.69 Å². The van der Waals surface area contributed by atoms with Crippen LogP contribution in [0.4, 0.5) is 5.69 Å². The molecule has 3 aromatic rings. The number of para-hydroxylation sites is 1. The molecule has 0 atom stereocenters. The van der Waals surface area contributed by atoms with Crippen LogP contribution >= 0.6 is 0 Å². The maximum Gasteiger partial charge on any atom is 0.224 e. The van der Waals surface area contributed by atoms with Crippen molar-refractivity contribution in [3.63, 3.8) is 0 Å². The first-order valence-corrected chi connectivity index (χ1v) is 13.7. The fourth-order valence-electron chi connectivity index (χ4n) is 5.17. The lowest BCUT2D eigenvalue weighted by Crippen LogP contribution is -2.38. The number of nitrogens with zero attached hydrogens (tertiary/aromatic N) is 6. The Hall–Kier alpha value is -3.52.